The maximum atomic E-state index is 14.6. The Balaban J connectivity index is 1.46. The van der Waals surface area contributed by atoms with E-state index in [-0.39, 0.29) is 17.6 Å². The van der Waals surface area contributed by atoms with Crippen LogP contribution in [0.4, 0.5) is 14.9 Å². The van der Waals surface area contributed by atoms with Crippen LogP contribution in [0, 0.1) is 12.4 Å². The van der Waals surface area contributed by atoms with Crippen LogP contribution in [0.1, 0.15) is 43.3 Å². The molecule has 1 N–H and O–H groups in total. The number of fused-ring (bicyclic) bond motifs is 1. The number of likely N-dealkylation sites (tertiary alicyclic amines) is 1. The molecule has 1 fully saturated rings. The molecule has 0 unspecified atom stereocenters. The molecule has 5 rings (SSSR count). The minimum Gasteiger partial charge on any atom is -0.444 e. The minimum atomic E-state index is -0.618. The van der Waals surface area contributed by atoms with Gasteiger partial charge in [-0.3, -0.25) is 9.20 Å². The first-order valence-electron chi connectivity index (χ1n) is 12.5. The molecule has 0 bridgehead atoms. The Kier molecular flexibility index (Phi) is 7.06. The van der Waals surface area contributed by atoms with Crippen molar-refractivity contribution >= 4 is 34.7 Å². The number of alkyl carbamates (subject to hydrolysis) is 1. The summed E-state index contributed by atoms with van der Waals surface area (Å²) in [6, 6.07) is 9.76. The van der Waals surface area contributed by atoms with Gasteiger partial charge in [0, 0.05) is 35.8 Å². The smallest absolute Gasteiger partial charge is 0.407 e. The average Bonchev–Trinajstić information content (AvgIpc) is 3.54. The molecule has 2 amide bonds. The van der Waals surface area contributed by atoms with E-state index in [1.165, 1.54) is 23.5 Å². The van der Waals surface area contributed by atoms with Gasteiger partial charge in [0.05, 0.1) is 11.4 Å². The van der Waals surface area contributed by atoms with E-state index >= 15 is 0 Å². The number of nitrogens with one attached hydrogen (secondary N) is 1. The highest BCUT2D eigenvalue weighted by Crippen LogP contribution is 2.41. The van der Waals surface area contributed by atoms with Crippen LogP contribution in [0.25, 0.3) is 32.1 Å². The fourth-order valence-electron chi connectivity index (χ4n) is 4.56. The topological polar surface area (TPSA) is 93.2 Å². The molecule has 1 aromatic carbocycles. The number of amides is 2. The average molecular weight is 547 g/mol. The van der Waals surface area contributed by atoms with E-state index in [0.29, 0.717) is 34.7 Å². The predicted molar refractivity (Wildman–Crippen MR) is 146 cm³/mol. The van der Waals surface area contributed by atoms with E-state index < -0.39 is 17.5 Å². The summed E-state index contributed by atoms with van der Waals surface area (Å²) < 4.78 is 21.7. The van der Waals surface area contributed by atoms with E-state index in [1.807, 2.05) is 18.3 Å². The number of aromatic nitrogens is 3. The van der Waals surface area contributed by atoms with E-state index in [2.05, 4.69) is 20.4 Å². The summed E-state index contributed by atoms with van der Waals surface area (Å²) in [7, 11) is 0. The Morgan fingerprint density at radius 1 is 1.21 bits per heavy atom. The van der Waals surface area contributed by atoms with Crippen LogP contribution in [0.15, 0.2) is 48.9 Å². The van der Waals surface area contributed by atoms with Crippen molar-refractivity contribution in [1.29, 1.82) is 0 Å². The van der Waals surface area contributed by atoms with Crippen LogP contribution in [-0.2, 0) is 4.74 Å². The number of ether oxygens (including phenoxy) is 1. The van der Waals surface area contributed by atoms with Crippen LogP contribution >= 0.6 is 11.3 Å². The Morgan fingerprint density at radius 2 is 2.03 bits per heavy atom. The molecule has 0 radical (unpaired) electrons. The third-order valence-corrected chi connectivity index (χ3v) is 7.49. The zero-order chi connectivity index (χ0) is 27.7. The standard InChI is InChI=1S/C28H27FN6O3S/c1-28(2,3)38-27(37)32-19-6-5-10-34(15-19)26(36)23-14-20(17-7-8-22(30-4)21(29)12-17)25(39-23)18-9-11-35-16-31-33-24(35)13-18/h7-9,11-14,16,19H,5-6,10,15H2,1-3H3,(H,32,37)/t19-/m1/s1. The molecule has 3 aromatic heterocycles. The van der Waals surface area contributed by atoms with E-state index in [4.69, 9.17) is 11.3 Å². The Bertz CT molecular complexity index is 1600. The molecule has 1 aliphatic heterocycles. The number of halogens is 1. The number of carbonyl (C=O) groups excluding carboxylic acids is 2. The summed E-state index contributed by atoms with van der Waals surface area (Å²) in [5, 5.41) is 10.9. The number of nitrogens with zero attached hydrogens (tertiary/aromatic N) is 5. The molecule has 9 nitrogen and oxygen atoms in total. The molecule has 1 aliphatic rings. The first kappa shape index (κ1) is 26.3. The molecule has 1 saturated heterocycles. The lowest BCUT2D eigenvalue weighted by Gasteiger charge is -2.33. The van der Waals surface area contributed by atoms with Crippen molar-refractivity contribution in [2.75, 3.05) is 13.1 Å². The highest BCUT2D eigenvalue weighted by molar-refractivity contribution is 7.18. The van der Waals surface area contributed by atoms with Crippen LogP contribution in [0.2, 0.25) is 0 Å². The lowest BCUT2D eigenvalue weighted by molar-refractivity contribution is 0.0453. The SMILES string of the molecule is [C-]#[N+]c1ccc(-c2cc(C(=O)N3CCC[C@@H](NC(=O)OC(C)(C)C)C3)sc2-c2ccn3cnnc3c2)cc1F. The molecule has 39 heavy (non-hydrogen) atoms. The monoisotopic (exact) mass is 546 g/mol. The lowest BCUT2D eigenvalue weighted by Crippen LogP contribution is -2.50. The van der Waals surface area contributed by atoms with Crippen molar-refractivity contribution in [2.45, 2.75) is 45.3 Å². The van der Waals surface area contributed by atoms with Crippen molar-refractivity contribution in [3.05, 3.63) is 71.0 Å². The maximum absolute atomic E-state index is 14.6. The summed E-state index contributed by atoms with van der Waals surface area (Å²) in [4.78, 5) is 32.2. The molecule has 0 aliphatic carbocycles. The van der Waals surface area contributed by atoms with Gasteiger partial charge in [0.2, 0.25) is 5.69 Å². The molecule has 11 heteroatoms. The maximum Gasteiger partial charge on any atom is 0.407 e. The van der Waals surface area contributed by atoms with Crippen LogP contribution < -0.4 is 5.32 Å². The first-order valence-corrected chi connectivity index (χ1v) is 13.3. The van der Waals surface area contributed by atoms with Gasteiger partial charge in [-0.2, -0.15) is 0 Å². The number of pyridine rings is 1. The molecule has 1 atom stereocenters. The van der Waals surface area contributed by atoms with Crippen LogP contribution in [0.5, 0.6) is 0 Å². The highest BCUT2D eigenvalue weighted by atomic mass is 32.1. The van der Waals surface area contributed by atoms with Crippen molar-refractivity contribution in [2.24, 2.45) is 0 Å². The van der Waals surface area contributed by atoms with E-state index in [0.717, 1.165) is 23.3 Å². The van der Waals surface area contributed by atoms with Gasteiger partial charge in [0.25, 0.3) is 5.91 Å². The molecule has 0 spiro atoms. The molecule has 4 heterocycles. The van der Waals surface area contributed by atoms with Gasteiger partial charge in [0.15, 0.2) is 5.65 Å². The lowest BCUT2D eigenvalue weighted by atomic mass is 10.0. The molecule has 200 valence electrons. The van der Waals surface area contributed by atoms with Gasteiger partial charge in [0.1, 0.15) is 17.7 Å². The van der Waals surface area contributed by atoms with Crippen molar-refractivity contribution in [3.63, 3.8) is 0 Å². The summed E-state index contributed by atoms with van der Waals surface area (Å²) >= 11 is 1.32. The third kappa shape index (κ3) is 5.76. The fraction of sp³-hybridized carbons (Fsp3) is 0.321. The number of hydrogen-bond acceptors (Lipinski definition) is 6. The Hall–Kier alpha value is -4.30. The summed E-state index contributed by atoms with van der Waals surface area (Å²) in [5.41, 5.74) is 2.03. The summed E-state index contributed by atoms with van der Waals surface area (Å²) in [6.07, 6.45) is 4.41. The largest absolute Gasteiger partial charge is 0.444 e. The van der Waals surface area contributed by atoms with Crippen LogP contribution in [-0.4, -0.2) is 56.2 Å². The highest BCUT2D eigenvalue weighted by Gasteiger charge is 2.29. The normalized spacial score (nSPS) is 15.7. The quantitative estimate of drug-likeness (QED) is 0.320. The number of hydrogen-bond donors (Lipinski definition) is 1. The number of carbonyl (C=O) groups is 2. The zero-order valence-electron chi connectivity index (χ0n) is 21.8. The van der Waals surface area contributed by atoms with E-state index in [1.54, 1.807) is 48.5 Å². The van der Waals surface area contributed by atoms with Gasteiger partial charge < -0.3 is 15.0 Å². The number of benzene rings is 1. The van der Waals surface area contributed by atoms with Crippen molar-refractivity contribution in [1.82, 2.24) is 24.8 Å². The summed E-state index contributed by atoms with van der Waals surface area (Å²) in [5.74, 6) is -0.780. The summed E-state index contributed by atoms with van der Waals surface area (Å²) in [6.45, 7) is 13.5. The number of thiophene rings is 1. The second-order valence-corrected chi connectivity index (χ2v) is 11.4. The first-order chi connectivity index (χ1) is 18.6. The second-order valence-electron chi connectivity index (χ2n) is 10.4. The molecular formula is C28H27FN6O3S. The predicted octanol–water partition coefficient (Wildman–Crippen LogP) is 5.94. The van der Waals surface area contributed by atoms with Crippen molar-refractivity contribution in [3.8, 4) is 21.6 Å². The van der Waals surface area contributed by atoms with Gasteiger partial charge in [-0.25, -0.2) is 14.0 Å². The fourth-order valence-corrected chi connectivity index (χ4v) is 5.70. The number of rotatable bonds is 4. The zero-order valence-corrected chi connectivity index (χ0v) is 22.6. The van der Waals surface area contributed by atoms with Gasteiger partial charge in [-0.15, -0.1) is 21.5 Å². The van der Waals surface area contributed by atoms with Gasteiger partial charge in [-0.05, 0) is 69.0 Å². The molecule has 4 aromatic rings. The molecule has 0 saturated carbocycles. The second kappa shape index (κ2) is 10.5. The number of piperidine rings is 1. The van der Waals surface area contributed by atoms with Gasteiger partial charge >= 0.3 is 6.09 Å². The van der Waals surface area contributed by atoms with Gasteiger partial charge in [-0.1, -0.05) is 12.1 Å². The molecular weight excluding hydrogens is 519 g/mol. The van der Waals surface area contributed by atoms with E-state index in [9.17, 15) is 14.0 Å². The Labute approximate surface area is 229 Å². The van der Waals surface area contributed by atoms with Crippen LogP contribution in [0.3, 0.4) is 0 Å². The Morgan fingerprint density at radius 3 is 2.77 bits per heavy atom. The van der Waals surface area contributed by atoms with Crippen molar-refractivity contribution < 1.29 is 18.7 Å². The minimum absolute atomic E-state index is 0.0615. The third-order valence-electron chi connectivity index (χ3n) is 6.31.